The van der Waals surface area contributed by atoms with Crippen LogP contribution in [-0.4, -0.2) is 24.0 Å². The number of hydrogen-bond donors (Lipinski definition) is 1. The predicted molar refractivity (Wildman–Crippen MR) is 84.6 cm³/mol. The summed E-state index contributed by atoms with van der Waals surface area (Å²) in [6.07, 6.45) is 7.29. The Hall–Kier alpha value is -0.380. The smallest absolute Gasteiger partial charge is 0.0388 e. The molecule has 1 aromatic heterocycles. The van der Waals surface area contributed by atoms with Crippen LogP contribution in [-0.2, 0) is 6.54 Å². The SMILES string of the molecule is CN(Cc1ccsc1)C1(CN)C2CC3CC(C2)CC1C3. The highest BCUT2D eigenvalue weighted by Gasteiger charge is 2.58. The van der Waals surface area contributed by atoms with Gasteiger partial charge in [0.2, 0.25) is 0 Å². The Kier molecular flexibility index (Phi) is 3.21. The molecule has 3 heteroatoms. The van der Waals surface area contributed by atoms with E-state index in [2.05, 4.69) is 28.8 Å². The van der Waals surface area contributed by atoms with E-state index in [0.29, 0.717) is 0 Å². The maximum Gasteiger partial charge on any atom is 0.0388 e. The molecule has 110 valence electrons. The van der Waals surface area contributed by atoms with Gasteiger partial charge in [-0.05, 0) is 85.2 Å². The molecule has 0 aromatic carbocycles. The van der Waals surface area contributed by atoms with Crippen molar-refractivity contribution in [3.63, 3.8) is 0 Å². The van der Waals surface area contributed by atoms with E-state index < -0.39 is 0 Å². The second-order valence-electron chi connectivity index (χ2n) is 7.49. The van der Waals surface area contributed by atoms with Crippen molar-refractivity contribution in [3.8, 4) is 0 Å². The molecule has 0 spiro atoms. The van der Waals surface area contributed by atoms with Crippen molar-refractivity contribution >= 4 is 11.3 Å². The Morgan fingerprint density at radius 2 is 1.85 bits per heavy atom. The minimum absolute atomic E-state index is 0.287. The highest BCUT2D eigenvalue weighted by Crippen LogP contribution is 2.59. The molecule has 0 aliphatic heterocycles. The van der Waals surface area contributed by atoms with E-state index in [-0.39, 0.29) is 5.54 Å². The Morgan fingerprint density at radius 1 is 1.20 bits per heavy atom. The Balaban J connectivity index is 1.62. The minimum Gasteiger partial charge on any atom is -0.329 e. The first kappa shape index (κ1) is 13.3. The summed E-state index contributed by atoms with van der Waals surface area (Å²) in [5.74, 6) is 3.75. The van der Waals surface area contributed by atoms with Crippen molar-refractivity contribution in [2.75, 3.05) is 13.6 Å². The molecule has 20 heavy (non-hydrogen) atoms. The Labute approximate surface area is 126 Å². The van der Waals surface area contributed by atoms with Gasteiger partial charge in [0, 0.05) is 18.6 Å². The summed E-state index contributed by atoms with van der Waals surface area (Å²) in [4.78, 5) is 2.63. The van der Waals surface area contributed by atoms with E-state index in [1.165, 1.54) is 37.7 Å². The van der Waals surface area contributed by atoms with Crippen LogP contribution in [0.2, 0.25) is 0 Å². The zero-order valence-electron chi connectivity index (χ0n) is 12.4. The lowest BCUT2D eigenvalue weighted by Gasteiger charge is -2.64. The summed E-state index contributed by atoms with van der Waals surface area (Å²) in [6, 6.07) is 2.27. The minimum atomic E-state index is 0.287. The largest absolute Gasteiger partial charge is 0.329 e. The molecule has 0 radical (unpaired) electrons. The summed E-state index contributed by atoms with van der Waals surface area (Å²) >= 11 is 1.81. The van der Waals surface area contributed by atoms with Gasteiger partial charge in [-0.15, -0.1) is 0 Å². The second-order valence-corrected chi connectivity index (χ2v) is 8.27. The molecule has 0 saturated heterocycles. The van der Waals surface area contributed by atoms with Crippen molar-refractivity contribution in [1.82, 2.24) is 4.90 Å². The predicted octanol–water partition coefficient (Wildman–Crippen LogP) is 3.33. The van der Waals surface area contributed by atoms with Crippen LogP contribution in [0.25, 0.3) is 0 Å². The molecule has 0 amide bonds. The molecular formula is C17H26N2S. The molecule has 4 aliphatic rings. The standard InChI is InChI=1S/C17H26N2S/c1-19(9-12-2-3-20-10-12)17(11-18)15-5-13-4-14(7-15)8-16(17)6-13/h2-3,10,13-16H,4-9,11,18H2,1H3. The average molecular weight is 290 g/mol. The Bertz CT molecular complexity index is 439. The lowest BCUT2D eigenvalue weighted by molar-refractivity contribution is -0.126. The van der Waals surface area contributed by atoms with E-state index in [1.54, 1.807) is 11.3 Å². The van der Waals surface area contributed by atoms with E-state index in [9.17, 15) is 0 Å². The van der Waals surface area contributed by atoms with Gasteiger partial charge in [0.1, 0.15) is 0 Å². The molecule has 0 unspecified atom stereocenters. The number of nitrogens with zero attached hydrogens (tertiary/aromatic N) is 1. The zero-order valence-corrected chi connectivity index (χ0v) is 13.2. The maximum atomic E-state index is 6.38. The van der Waals surface area contributed by atoms with Crippen LogP contribution in [0.3, 0.4) is 0 Å². The molecule has 0 atom stereocenters. The number of rotatable bonds is 4. The third kappa shape index (κ3) is 1.83. The molecule has 4 saturated carbocycles. The van der Waals surface area contributed by atoms with Crippen LogP contribution < -0.4 is 5.73 Å². The summed E-state index contributed by atoms with van der Waals surface area (Å²) in [6.45, 7) is 1.92. The summed E-state index contributed by atoms with van der Waals surface area (Å²) in [5.41, 5.74) is 8.12. The first-order valence-corrected chi connectivity index (χ1v) is 9.09. The van der Waals surface area contributed by atoms with E-state index in [1.807, 2.05) is 0 Å². The summed E-state index contributed by atoms with van der Waals surface area (Å²) in [5, 5.41) is 4.48. The fourth-order valence-corrected chi connectivity index (χ4v) is 6.58. The van der Waals surface area contributed by atoms with Gasteiger partial charge in [0.15, 0.2) is 0 Å². The number of nitrogens with two attached hydrogens (primary N) is 1. The van der Waals surface area contributed by atoms with Crippen molar-refractivity contribution < 1.29 is 0 Å². The van der Waals surface area contributed by atoms with Crippen molar-refractivity contribution in [2.45, 2.75) is 44.2 Å². The molecule has 2 N–H and O–H groups in total. The van der Waals surface area contributed by atoms with Crippen LogP contribution in [0.5, 0.6) is 0 Å². The summed E-state index contributed by atoms with van der Waals surface area (Å²) in [7, 11) is 2.33. The van der Waals surface area contributed by atoms with Gasteiger partial charge in [-0.25, -0.2) is 0 Å². The Morgan fingerprint density at radius 3 is 2.35 bits per heavy atom. The van der Waals surface area contributed by atoms with Crippen LogP contribution in [0.1, 0.15) is 37.7 Å². The molecular weight excluding hydrogens is 264 g/mol. The lowest BCUT2D eigenvalue weighted by Crippen LogP contribution is -2.68. The van der Waals surface area contributed by atoms with E-state index >= 15 is 0 Å². The molecule has 1 aromatic rings. The normalized spacial score (nSPS) is 42.5. The highest BCUT2D eigenvalue weighted by molar-refractivity contribution is 7.07. The van der Waals surface area contributed by atoms with Gasteiger partial charge in [-0.1, -0.05) is 0 Å². The first-order valence-electron chi connectivity index (χ1n) is 8.14. The van der Waals surface area contributed by atoms with Gasteiger partial charge < -0.3 is 5.73 Å². The quantitative estimate of drug-likeness (QED) is 0.921. The van der Waals surface area contributed by atoms with Gasteiger partial charge in [0.05, 0.1) is 0 Å². The van der Waals surface area contributed by atoms with Crippen molar-refractivity contribution in [1.29, 1.82) is 0 Å². The zero-order chi connectivity index (χ0) is 13.7. The monoisotopic (exact) mass is 290 g/mol. The van der Waals surface area contributed by atoms with Crippen LogP contribution in [0, 0.1) is 23.7 Å². The van der Waals surface area contributed by atoms with E-state index in [4.69, 9.17) is 5.73 Å². The number of thiophene rings is 1. The van der Waals surface area contributed by atoms with Gasteiger partial charge in [0.25, 0.3) is 0 Å². The van der Waals surface area contributed by atoms with E-state index in [0.717, 1.165) is 36.8 Å². The molecule has 4 fully saturated rings. The first-order chi connectivity index (χ1) is 9.72. The second kappa shape index (κ2) is 4.82. The van der Waals surface area contributed by atoms with Gasteiger partial charge >= 0.3 is 0 Å². The van der Waals surface area contributed by atoms with Crippen molar-refractivity contribution in [3.05, 3.63) is 22.4 Å². The molecule has 5 rings (SSSR count). The van der Waals surface area contributed by atoms with Crippen LogP contribution >= 0.6 is 11.3 Å². The number of likely N-dealkylation sites (N-methyl/N-ethyl adjacent to an activating group) is 1. The highest BCUT2D eigenvalue weighted by atomic mass is 32.1. The fourth-order valence-electron chi connectivity index (χ4n) is 5.92. The van der Waals surface area contributed by atoms with Crippen LogP contribution in [0.15, 0.2) is 16.8 Å². The molecule has 4 bridgehead atoms. The third-order valence-corrected chi connectivity index (χ3v) is 7.32. The molecule has 4 aliphatic carbocycles. The fraction of sp³-hybridized carbons (Fsp3) is 0.765. The molecule has 2 nitrogen and oxygen atoms in total. The topological polar surface area (TPSA) is 29.3 Å². The van der Waals surface area contributed by atoms with Crippen LogP contribution in [0.4, 0.5) is 0 Å². The third-order valence-electron chi connectivity index (χ3n) is 6.59. The van der Waals surface area contributed by atoms with Gasteiger partial charge in [-0.2, -0.15) is 11.3 Å². The molecule has 1 heterocycles. The van der Waals surface area contributed by atoms with Crippen molar-refractivity contribution in [2.24, 2.45) is 29.4 Å². The summed E-state index contributed by atoms with van der Waals surface area (Å²) < 4.78 is 0. The van der Waals surface area contributed by atoms with Gasteiger partial charge in [-0.3, -0.25) is 4.90 Å². The number of hydrogen-bond acceptors (Lipinski definition) is 3. The average Bonchev–Trinajstić information content (AvgIpc) is 2.91. The maximum absolute atomic E-state index is 6.38. The lowest BCUT2D eigenvalue weighted by atomic mass is 9.48.